The van der Waals surface area contributed by atoms with Crippen LogP contribution < -0.4 is 0 Å². The highest BCUT2D eigenvalue weighted by Gasteiger charge is 2.69. The second kappa shape index (κ2) is 2.71. The topological polar surface area (TPSA) is 17.1 Å². The van der Waals surface area contributed by atoms with Crippen LogP contribution in [0.3, 0.4) is 0 Å². The van der Waals surface area contributed by atoms with Crippen molar-refractivity contribution in [2.24, 2.45) is 16.2 Å². The third-order valence-corrected chi connectivity index (χ3v) is 4.82. The Hall–Kier alpha value is -0.590. The number of aldehydes is 1. The zero-order chi connectivity index (χ0) is 10.4. The fourth-order valence-corrected chi connectivity index (χ4v) is 3.77. The summed E-state index contributed by atoms with van der Waals surface area (Å²) in [7, 11) is 0. The van der Waals surface area contributed by atoms with Gasteiger partial charge in [0.25, 0.3) is 0 Å². The zero-order valence-corrected chi connectivity index (χ0v) is 9.47. The second-order valence-electron chi connectivity index (χ2n) is 5.94. The molecule has 14 heavy (non-hydrogen) atoms. The highest BCUT2D eigenvalue weighted by molar-refractivity contribution is 5.65. The summed E-state index contributed by atoms with van der Waals surface area (Å²) in [5, 5.41) is 0. The smallest absolute Gasteiger partial charge is 0.142 e. The van der Waals surface area contributed by atoms with Gasteiger partial charge in [-0.3, -0.25) is 4.79 Å². The van der Waals surface area contributed by atoms with Crippen molar-refractivity contribution in [3.63, 3.8) is 0 Å². The van der Waals surface area contributed by atoms with Crippen LogP contribution in [0.5, 0.6) is 0 Å². The number of hydrogen-bond donors (Lipinski definition) is 0. The SMILES string of the molecule is CC1(C)CCC[C@@]2(C)C[C@@]12/C=C/C=O. The molecule has 1 nitrogen and oxygen atoms in total. The van der Waals surface area contributed by atoms with Crippen molar-refractivity contribution in [1.82, 2.24) is 0 Å². The Morgan fingerprint density at radius 2 is 1.86 bits per heavy atom. The number of hydrogen-bond acceptors (Lipinski definition) is 1. The monoisotopic (exact) mass is 192 g/mol. The first-order valence-electron chi connectivity index (χ1n) is 5.61. The van der Waals surface area contributed by atoms with Crippen molar-refractivity contribution < 1.29 is 4.79 Å². The molecule has 0 spiro atoms. The molecule has 0 unspecified atom stereocenters. The van der Waals surface area contributed by atoms with E-state index in [-0.39, 0.29) is 0 Å². The van der Waals surface area contributed by atoms with Gasteiger partial charge in [-0.15, -0.1) is 0 Å². The third kappa shape index (κ3) is 1.04. The molecule has 2 rings (SSSR count). The van der Waals surface area contributed by atoms with E-state index >= 15 is 0 Å². The molecule has 1 heteroatoms. The number of rotatable bonds is 2. The average molecular weight is 192 g/mol. The first-order chi connectivity index (χ1) is 6.47. The van der Waals surface area contributed by atoms with E-state index in [4.69, 9.17) is 0 Å². The normalized spacial score (nSPS) is 44.8. The maximum Gasteiger partial charge on any atom is 0.142 e. The van der Waals surface area contributed by atoms with E-state index in [0.29, 0.717) is 16.2 Å². The van der Waals surface area contributed by atoms with Gasteiger partial charge in [-0.25, -0.2) is 0 Å². The Bertz CT molecular complexity index is 290. The standard InChI is InChI=1S/C13H20O/c1-11(2)6-4-7-12(3)10-13(11,12)8-5-9-14/h5,8-9H,4,6-7,10H2,1-3H3/b8-5+/t12-,13-/m0/s1. The molecule has 78 valence electrons. The number of allylic oxidation sites excluding steroid dienone is 2. The summed E-state index contributed by atoms with van der Waals surface area (Å²) in [6.45, 7) is 7.09. The maximum atomic E-state index is 10.4. The number of fused-ring (bicyclic) bond motifs is 1. The molecule has 0 saturated heterocycles. The Labute approximate surface area is 86.6 Å². The van der Waals surface area contributed by atoms with Gasteiger partial charge in [0.05, 0.1) is 0 Å². The van der Waals surface area contributed by atoms with E-state index < -0.39 is 0 Å². The molecule has 0 amide bonds. The fraction of sp³-hybridized carbons (Fsp3) is 0.769. The molecule has 0 radical (unpaired) electrons. The molecule has 2 aliphatic rings. The first-order valence-corrected chi connectivity index (χ1v) is 5.61. The van der Waals surface area contributed by atoms with Crippen LogP contribution in [-0.4, -0.2) is 6.29 Å². The first kappa shape index (κ1) is 9.95. The molecule has 0 heterocycles. The van der Waals surface area contributed by atoms with Crippen LogP contribution in [0.25, 0.3) is 0 Å². The molecular weight excluding hydrogens is 172 g/mol. The van der Waals surface area contributed by atoms with Gasteiger partial charge in [-0.1, -0.05) is 33.3 Å². The van der Waals surface area contributed by atoms with Gasteiger partial charge in [0.2, 0.25) is 0 Å². The van der Waals surface area contributed by atoms with E-state index in [1.54, 1.807) is 6.08 Å². The molecule has 2 fully saturated rings. The summed E-state index contributed by atoms with van der Waals surface area (Å²) >= 11 is 0. The Kier molecular flexibility index (Phi) is 1.93. The van der Waals surface area contributed by atoms with Gasteiger partial charge >= 0.3 is 0 Å². The summed E-state index contributed by atoms with van der Waals surface area (Å²) in [6, 6.07) is 0. The molecule has 2 atom stereocenters. The predicted molar refractivity (Wildman–Crippen MR) is 58.0 cm³/mol. The second-order valence-corrected chi connectivity index (χ2v) is 5.94. The van der Waals surface area contributed by atoms with E-state index in [1.807, 2.05) is 0 Å². The van der Waals surface area contributed by atoms with Crippen molar-refractivity contribution in [3.8, 4) is 0 Å². The predicted octanol–water partition coefficient (Wildman–Crippen LogP) is 3.35. The fourth-order valence-electron chi connectivity index (χ4n) is 3.77. The molecule has 0 N–H and O–H groups in total. The lowest BCUT2D eigenvalue weighted by molar-refractivity contribution is -0.104. The van der Waals surface area contributed by atoms with Crippen LogP contribution in [0.15, 0.2) is 12.2 Å². The Balaban J connectivity index is 2.32. The average Bonchev–Trinajstić information content (AvgIpc) is 2.70. The van der Waals surface area contributed by atoms with Crippen LogP contribution in [-0.2, 0) is 4.79 Å². The van der Waals surface area contributed by atoms with Gasteiger partial charge in [-0.2, -0.15) is 0 Å². The van der Waals surface area contributed by atoms with E-state index in [1.165, 1.54) is 25.7 Å². The van der Waals surface area contributed by atoms with Crippen molar-refractivity contribution in [2.45, 2.75) is 46.5 Å². The highest BCUT2D eigenvalue weighted by Crippen LogP contribution is 2.78. The van der Waals surface area contributed by atoms with Crippen molar-refractivity contribution in [1.29, 1.82) is 0 Å². The van der Waals surface area contributed by atoms with Gasteiger partial charge in [0.15, 0.2) is 0 Å². The van der Waals surface area contributed by atoms with Gasteiger partial charge in [0, 0.05) is 0 Å². The van der Waals surface area contributed by atoms with Crippen LogP contribution in [0.1, 0.15) is 46.5 Å². The maximum absolute atomic E-state index is 10.4. The quantitative estimate of drug-likeness (QED) is 0.484. The molecule has 2 saturated carbocycles. The summed E-state index contributed by atoms with van der Waals surface area (Å²) in [6.07, 6.45) is 10.1. The Morgan fingerprint density at radius 1 is 1.14 bits per heavy atom. The minimum atomic E-state index is 0.319. The summed E-state index contributed by atoms with van der Waals surface area (Å²) < 4.78 is 0. The van der Waals surface area contributed by atoms with Crippen molar-refractivity contribution >= 4 is 6.29 Å². The van der Waals surface area contributed by atoms with Crippen LogP contribution in [0, 0.1) is 16.2 Å². The highest BCUT2D eigenvalue weighted by atomic mass is 16.1. The lowest BCUT2D eigenvalue weighted by atomic mass is 9.63. The number of carbonyl (C=O) groups excluding carboxylic acids is 1. The summed E-state index contributed by atoms with van der Waals surface area (Å²) in [5.41, 5.74) is 1.17. The molecule has 0 aliphatic heterocycles. The summed E-state index contributed by atoms with van der Waals surface area (Å²) in [5.74, 6) is 0. The summed E-state index contributed by atoms with van der Waals surface area (Å²) in [4.78, 5) is 10.4. The molecule has 0 aromatic carbocycles. The third-order valence-electron chi connectivity index (χ3n) is 4.82. The molecule has 2 aliphatic carbocycles. The number of carbonyl (C=O) groups is 1. The zero-order valence-electron chi connectivity index (χ0n) is 9.47. The minimum absolute atomic E-state index is 0.319. The van der Waals surface area contributed by atoms with E-state index in [2.05, 4.69) is 26.8 Å². The van der Waals surface area contributed by atoms with Crippen molar-refractivity contribution in [2.75, 3.05) is 0 Å². The van der Waals surface area contributed by atoms with Gasteiger partial charge in [-0.05, 0) is 41.6 Å². The minimum Gasteiger partial charge on any atom is -0.299 e. The lowest BCUT2D eigenvalue weighted by Crippen LogP contribution is -2.32. The van der Waals surface area contributed by atoms with E-state index in [9.17, 15) is 4.79 Å². The molecule has 0 aromatic heterocycles. The molecule has 0 bridgehead atoms. The van der Waals surface area contributed by atoms with Crippen LogP contribution >= 0.6 is 0 Å². The molecular formula is C13H20O. The largest absolute Gasteiger partial charge is 0.299 e. The van der Waals surface area contributed by atoms with Gasteiger partial charge in [0.1, 0.15) is 6.29 Å². The van der Waals surface area contributed by atoms with Crippen LogP contribution in [0.2, 0.25) is 0 Å². The lowest BCUT2D eigenvalue weighted by Gasteiger charge is -2.41. The Morgan fingerprint density at radius 3 is 2.43 bits per heavy atom. The van der Waals surface area contributed by atoms with Crippen LogP contribution in [0.4, 0.5) is 0 Å². The van der Waals surface area contributed by atoms with E-state index in [0.717, 1.165) is 6.29 Å². The van der Waals surface area contributed by atoms with Gasteiger partial charge < -0.3 is 0 Å². The van der Waals surface area contributed by atoms with Crippen molar-refractivity contribution in [3.05, 3.63) is 12.2 Å². The molecule has 0 aromatic rings.